The highest BCUT2D eigenvalue weighted by Crippen LogP contribution is 2.25. The van der Waals surface area contributed by atoms with Crippen LogP contribution in [-0.2, 0) is 29.6 Å². The number of benzene rings is 1. The van der Waals surface area contributed by atoms with Crippen LogP contribution in [0.15, 0.2) is 30.3 Å². The predicted octanol–water partition coefficient (Wildman–Crippen LogP) is 2.00. The van der Waals surface area contributed by atoms with Crippen molar-refractivity contribution in [2.24, 2.45) is 0 Å². The summed E-state index contributed by atoms with van der Waals surface area (Å²) >= 11 is 0. The lowest BCUT2D eigenvalue weighted by atomic mass is 10.2. The molecule has 0 aliphatic carbocycles. The number of carbonyl (C=O) groups is 2. The molecule has 1 fully saturated rings. The van der Waals surface area contributed by atoms with Gasteiger partial charge in [-0.25, -0.2) is 9.59 Å². The molecule has 2 atom stereocenters. The van der Waals surface area contributed by atoms with E-state index in [9.17, 15) is 23.1 Å². The first-order valence-electron chi connectivity index (χ1n) is 8.14. The van der Waals surface area contributed by atoms with Crippen molar-refractivity contribution < 1.29 is 32.0 Å². The second-order valence-electron chi connectivity index (χ2n) is 7.13. The van der Waals surface area contributed by atoms with Crippen molar-refractivity contribution in [3.63, 3.8) is 0 Å². The van der Waals surface area contributed by atoms with Crippen molar-refractivity contribution in [3.05, 3.63) is 35.9 Å². The van der Waals surface area contributed by atoms with Crippen LogP contribution in [0, 0.1) is 0 Å². The van der Waals surface area contributed by atoms with E-state index in [4.69, 9.17) is 8.92 Å². The number of carboxylic acid groups (broad SMARTS) is 1. The fraction of sp³-hybridized carbons (Fsp3) is 0.529. The normalized spacial score (nSPS) is 20.8. The minimum absolute atomic E-state index is 0.122. The zero-order valence-electron chi connectivity index (χ0n) is 14.9. The first-order valence-corrected chi connectivity index (χ1v) is 9.72. The Kier molecular flexibility index (Phi) is 5.92. The Morgan fingerprint density at radius 3 is 2.38 bits per heavy atom. The van der Waals surface area contributed by atoms with Gasteiger partial charge < -0.3 is 9.84 Å². The first-order chi connectivity index (χ1) is 12.0. The molecular formula is C17H23NO7S. The summed E-state index contributed by atoms with van der Waals surface area (Å²) in [6.45, 7) is 4.82. The number of likely N-dealkylation sites (tertiary alicyclic amines) is 1. The molecule has 0 radical (unpaired) electrons. The smallest absolute Gasteiger partial charge is 0.411 e. The SMILES string of the molecule is CC(C)(C)OC(=O)N1C[C@H](OS(=O)(=O)Cc2ccccc2)C[C@H]1C(=O)O. The van der Waals surface area contributed by atoms with Crippen molar-refractivity contribution in [1.82, 2.24) is 4.90 Å². The summed E-state index contributed by atoms with van der Waals surface area (Å²) in [5.74, 6) is -1.56. The second kappa shape index (κ2) is 7.63. The highest BCUT2D eigenvalue weighted by molar-refractivity contribution is 7.85. The van der Waals surface area contributed by atoms with Gasteiger partial charge in [0.25, 0.3) is 10.1 Å². The molecule has 0 bridgehead atoms. The number of amides is 1. The monoisotopic (exact) mass is 385 g/mol. The van der Waals surface area contributed by atoms with E-state index in [0.717, 1.165) is 4.90 Å². The summed E-state index contributed by atoms with van der Waals surface area (Å²) in [5, 5.41) is 9.33. The molecule has 0 aromatic heterocycles. The van der Waals surface area contributed by atoms with Gasteiger partial charge in [-0.05, 0) is 26.3 Å². The van der Waals surface area contributed by atoms with E-state index in [-0.39, 0.29) is 18.7 Å². The Labute approximate surface area is 152 Å². The summed E-state index contributed by atoms with van der Waals surface area (Å²) in [4.78, 5) is 24.6. The Bertz CT molecular complexity index is 755. The molecule has 0 unspecified atom stereocenters. The third kappa shape index (κ3) is 5.70. The molecule has 1 aromatic rings. The molecule has 1 heterocycles. The Balaban J connectivity index is 2.07. The van der Waals surface area contributed by atoms with Gasteiger partial charge in [0.1, 0.15) is 17.4 Å². The molecule has 2 rings (SSSR count). The van der Waals surface area contributed by atoms with Crippen LogP contribution in [0.25, 0.3) is 0 Å². The van der Waals surface area contributed by atoms with Gasteiger partial charge in [0.05, 0.1) is 12.6 Å². The van der Waals surface area contributed by atoms with E-state index in [0.29, 0.717) is 5.56 Å². The molecule has 0 saturated carbocycles. The van der Waals surface area contributed by atoms with Gasteiger partial charge in [-0.1, -0.05) is 30.3 Å². The number of carboxylic acids is 1. The van der Waals surface area contributed by atoms with E-state index >= 15 is 0 Å². The minimum atomic E-state index is -3.92. The van der Waals surface area contributed by atoms with Gasteiger partial charge in [-0.3, -0.25) is 9.08 Å². The zero-order valence-corrected chi connectivity index (χ0v) is 15.7. The highest BCUT2D eigenvalue weighted by atomic mass is 32.2. The van der Waals surface area contributed by atoms with Gasteiger partial charge in [-0.2, -0.15) is 8.42 Å². The number of hydrogen-bond acceptors (Lipinski definition) is 6. The van der Waals surface area contributed by atoms with Crippen LogP contribution < -0.4 is 0 Å². The third-order valence-electron chi connectivity index (χ3n) is 3.64. The van der Waals surface area contributed by atoms with E-state index in [1.165, 1.54) is 0 Å². The molecule has 1 N–H and O–H groups in total. The predicted molar refractivity (Wildman–Crippen MR) is 92.9 cm³/mol. The second-order valence-corrected chi connectivity index (χ2v) is 8.72. The minimum Gasteiger partial charge on any atom is -0.480 e. The number of carbonyl (C=O) groups excluding carboxylic acids is 1. The summed E-state index contributed by atoms with van der Waals surface area (Å²) in [5.41, 5.74) is -0.234. The van der Waals surface area contributed by atoms with Crippen LogP contribution in [0.5, 0.6) is 0 Å². The van der Waals surface area contributed by atoms with E-state index in [1.54, 1.807) is 51.1 Å². The summed E-state index contributed by atoms with van der Waals surface area (Å²) in [6.07, 6.45) is -1.86. The lowest BCUT2D eigenvalue weighted by molar-refractivity contribution is -0.142. The zero-order chi connectivity index (χ0) is 19.5. The lowest BCUT2D eigenvalue weighted by Crippen LogP contribution is -2.43. The van der Waals surface area contributed by atoms with Crippen LogP contribution >= 0.6 is 0 Å². The molecule has 1 aliphatic rings. The number of hydrogen-bond donors (Lipinski definition) is 1. The molecule has 1 aliphatic heterocycles. The fourth-order valence-electron chi connectivity index (χ4n) is 2.64. The Morgan fingerprint density at radius 1 is 1.23 bits per heavy atom. The van der Waals surface area contributed by atoms with E-state index < -0.39 is 39.9 Å². The summed E-state index contributed by atoms with van der Waals surface area (Å²) in [7, 11) is -3.92. The van der Waals surface area contributed by atoms with Gasteiger partial charge in [0, 0.05) is 6.42 Å². The van der Waals surface area contributed by atoms with E-state index in [2.05, 4.69) is 0 Å². The van der Waals surface area contributed by atoms with E-state index in [1.807, 2.05) is 0 Å². The summed E-state index contributed by atoms with van der Waals surface area (Å²) in [6, 6.07) is 7.31. The lowest BCUT2D eigenvalue weighted by Gasteiger charge is -2.26. The molecule has 144 valence electrons. The largest absolute Gasteiger partial charge is 0.480 e. The third-order valence-corrected chi connectivity index (χ3v) is 4.90. The average Bonchev–Trinajstić information content (AvgIpc) is 2.89. The van der Waals surface area contributed by atoms with Crippen molar-refractivity contribution in [1.29, 1.82) is 0 Å². The van der Waals surface area contributed by atoms with Crippen LogP contribution in [0.4, 0.5) is 4.79 Å². The van der Waals surface area contributed by atoms with Gasteiger partial charge in [-0.15, -0.1) is 0 Å². The number of nitrogens with zero attached hydrogens (tertiary/aromatic N) is 1. The van der Waals surface area contributed by atoms with Crippen molar-refractivity contribution in [3.8, 4) is 0 Å². The number of aliphatic carboxylic acids is 1. The maximum Gasteiger partial charge on any atom is 0.411 e. The van der Waals surface area contributed by atoms with Crippen molar-refractivity contribution >= 4 is 22.2 Å². The van der Waals surface area contributed by atoms with Crippen molar-refractivity contribution in [2.75, 3.05) is 6.54 Å². The first kappa shape index (κ1) is 20.2. The van der Waals surface area contributed by atoms with Crippen molar-refractivity contribution in [2.45, 2.75) is 50.7 Å². The average molecular weight is 385 g/mol. The highest BCUT2D eigenvalue weighted by Gasteiger charge is 2.43. The molecule has 0 spiro atoms. The molecule has 9 heteroatoms. The van der Waals surface area contributed by atoms with Crippen LogP contribution in [0.2, 0.25) is 0 Å². The maximum absolute atomic E-state index is 12.2. The molecular weight excluding hydrogens is 362 g/mol. The number of ether oxygens (including phenoxy) is 1. The standard InChI is InChI=1S/C17H23NO7S/c1-17(2,3)24-16(21)18-10-13(9-14(18)15(19)20)25-26(22,23)11-12-7-5-4-6-8-12/h4-8,13-14H,9-11H2,1-3H3,(H,19,20)/t13-,14+/m1/s1. The Hall–Kier alpha value is -2.13. The van der Waals surface area contributed by atoms with Crippen LogP contribution in [-0.4, -0.2) is 54.8 Å². The molecule has 1 aromatic carbocycles. The van der Waals surface area contributed by atoms with Crippen LogP contribution in [0.1, 0.15) is 32.8 Å². The van der Waals surface area contributed by atoms with Gasteiger partial charge >= 0.3 is 12.1 Å². The fourth-order valence-corrected chi connectivity index (χ4v) is 3.87. The summed E-state index contributed by atoms with van der Waals surface area (Å²) < 4.78 is 34.8. The number of rotatable bonds is 5. The quantitative estimate of drug-likeness (QED) is 0.772. The topological polar surface area (TPSA) is 110 Å². The van der Waals surface area contributed by atoms with Gasteiger partial charge in [0.15, 0.2) is 0 Å². The molecule has 1 amide bonds. The Morgan fingerprint density at radius 2 is 1.85 bits per heavy atom. The van der Waals surface area contributed by atoms with Gasteiger partial charge in [0.2, 0.25) is 0 Å². The molecule has 26 heavy (non-hydrogen) atoms. The molecule has 1 saturated heterocycles. The maximum atomic E-state index is 12.2. The van der Waals surface area contributed by atoms with Crippen LogP contribution in [0.3, 0.4) is 0 Å². The molecule has 8 nitrogen and oxygen atoms in total.